The van der Waals surface area contributed by atoms with Gasteiger partial charge in [0.05, 0.1) is 6.54 Å². The summed E-state index contributed by atoms with van der Waals surface area (Å²) in [4.78, 5) is 69.4. The molecule has 2 aliphatic heterocycles. The van der Waals surface area contributed by atoms with E-state index in [4.69, 9.17) is 0 Å². The number of urea groups is 2. The van der Waals surface area contributed by atoms with Gasteiger partial charge in [0, 0.05) is 67.7 Å². The molecule has 0 saturated carbocycles. The number of amides is 6. The Balaban J connectivity index is 1.46. The third kappa shape index (κ3) is 7.13. The van der Waals surface area contributed by atoms with Crippen LogP contribution in [0, 0.1) is 16.6 Å². The van der Waals surface area contributed by atoms with E-state index in [-0.39, 0.29) is 30.0 Å². The van der Waals surface area contributed by atoms with E-state index in [9.17, 15) is 19.2 Å². The average Bonchev–Trinajstić information content (AvgIpc) is 3.49. The van der Waals surface area contributed by atoms with Crippen LogP contribution in [0.2, 0.25) is 0 Å². The van der Waals surface area contributed by atoms with Gasteiger partial charge in [-0.15, -0.1) is 0 Å². The average molecular weight is 700 g/mol. The zero-order valence-corrected chi connectivity index (χ0v) is 31.3. The predicted octanol–water partition coefficient (Wildman–Crippen LogP) is 6.20. The van der Waals surface area contributed by atoms with E-state index in [1.54, 1.807) is 78.3 Å². The molecule has 4 unspecified atom stereocenters. The number of carbonyl (C=O) groups is 4. The van der Waals surface area contributed by atoms with E-state index in [0.29, 0.717) is 17.8 Å². The first kappa shape index (κ1) is 37.3. The van der Waals surface area contributed by atoms with Crippen molar-refractivity contribution in [3.63, 3.8) is 0 Å². The molecule has 0 spiro atoms. The zero-order valence-electron chi connectivity index (χ0n) is 31.3. The standard InChI is InChI=1S/C39H50FN7O4/c1-25-32(48)45(35(39(5,6)7)46(25)36(50)42(8)28-18-20-41-21-19-28)24-27-23-29(16-17-30(27)40)43(9)37(51)47-31(22-26-14-12-11-13-15-26)33(49)44(10)34(47)38(2,3)4/h11-21,23,25,31,34-35H,22,24H2,1-10H3. The molecule has 12 heteroatoms. The van der Waals surface area contributed by atoms with Gasteiger partial charge < -0.3 is 9.80 Å². The molecule has 4 atom stereocenters. The second-order valence-electron chi connectivity index (χ2n) is 15.8. The SMILES string of the molecule is CC1C(=O)N(Cc2cc(N(C)C(=O)N3C(Cc4ccccc4)C(=O)N(C)C3C(C)(C)C)ccc2F)C(C(C)(C)C)N1C(=O)N(C)c1ccncc1. The third-order valence-electron chi connectivity index (χ3n) is 9.86. The van der Waals surface area contributed by atoms with Gasteiger partial charge in [0.1, 0.15) is 30.2 Å². The van der Waals surface area contributed by atoms with Crippen molar-refractivity contribution in [1.29, 1.82) is 0 Å². The lowest BCUT2D eigenvalue weighted by atomic mass is 9.90. The minimum absolute atomic E-state index is 0.123. The molecule has 51 heavy (non-hydrogen) atoms. The molecule has 11 nitrogen and oxygen atoms in total. The first-order chi connectivity index (χ1) is 23.8. The number of likely N-dealkylation sites (N-methyl/N-ethyl adjacent to an activating group) is 1. The number of halogens is 1. The van der Waals surface area contributed by atoms with Crippen molar-refractivity contribution in [2.45, 2.75) is 85.8 Å². The Morgan fingerprint density at radius 3 is 1.94 bits per heavy atom. The van der Waals surface area contributed by atoms with Crippen LogP contribution in [-0.2, 0) is 22.6 Å². The van der Waals surface area contributed by atoms with Crippen molar-refractivity contribution in [1.82, 2.24) is 24.6 Å². The fourth-order valence-electron chi connectivity index (χ4n) is 7.46. The quantitative estimate of drug-likeness (QED) is 0.305. The van der Waals surface area contributed by atoms with Gasteiger partial charge in [-0.1, -0.05) is 71.9 Å². The summed E-state index contributed by atoms with van der Waals surface area (Å²) in [7, 11) is 4.98. The number of nitrogens with zero attached hydrogens (tertiary/aromatic N) is 7. The molecule has 2 aliphatic rings. The van der Waals surface area contributed by atoms with Gasteiger partial charge in [0.2, 0.25) is 11.8 Å². The van der Waals surface area contributed by atoms with E-state index in [1.165, 1.54) is 21.9 Å². The van der Waals surface area contributed by atoms with Crippen molar-refractivity contribution < 1.29 is 23.6 Å². The number of anilines is 2. The highest BCUT2D eigenvalue weighted by atomic mass is 19.1. The van der Waals surface area contributed by atoms with Crippen LogP contribution in [-0.4, -0.2) is 94.0 Å². The molecule has 2 saturated heterocycles. The molecule has 1 aromatic heterocycles. The summed E-state index contributed by atoms with van der Waals surface area (Å²) in [5, 5.41) is 0. The maximum atomic E-state index is 15.7. The smallest absolute Gasteiger partial charge is 0.323 e. The first-order valence-electron chi connectivity index (χ1n) is 17.3. The van der Waals surface area contributed by atoms with E-state index in [0.717, 1.165) is 5.56 Å². The Hall–Kier alpha value is -5.00. The van der Waals surface area contributed by atoms with Gasteiger partial charge >= 0.3 is 12.1 Å². The number of benzene rings is 2. The molecule has 6 amide bonds. The minimum Gasteiger partial charge on any atom is -0.323 e. The molecule has 0 radical (unpaired) electrons. The molecule has 3 heterocycles. The Morgan fingerprint density at radius 1 is 0.784 bits per heavy atom. The van der Waals surface area contributed by atoms with Gasteiger partial charge in [0.25, 0.3) is 0 Å². The second-order valence-corrected chi connectivity index (χ2v) is 15.8. The lowest BCUT2D eigenvalue weighted by molar-refractivity contribution is -0.131. The molecular formula is C39H50FN7O4. The van der Waals surface area contributed by atoms with Gasteiger partial charge in [-0.2, -0.15) is 0 Å². The Labute approximate surface area is 300 Å². The summed E-state index contributed by atoms with van der Waals surface area (Å²) in [5.74, 6) is -1.00. The lowest BCUT2D eigenvalue weighted by Crippen LogP contribution is -2.55. The molecule has 0 bridgehead atoms. The lowest BCUT2D eigenvalue weighted by Gasteiger charge is -2.41. The fraction of sp³-hybridized carbons (Fsp3) is 0.462. The molecule has 3 aromatic rings. The van der Waals surface area contributed by atoms with Crippen molar-refractivity contribution >= 4 is 35.3 Å². The molecule has 2 fully saturated rings. The first-order valence-corrected chi connectivity index (χ1v) is 17.3. The summed E-state index contributed by atoms with van der Waals surface area (Å²) in [6.45, 7) is 13.4. The number of carbonyl (C=O) groups excluding carboxylic acids is 4. The van der Waals surface area contributed by atoms with Crippen molar-refractivity contribution in [3.05, 3.63) is 90.0 Å². The number of rotatable bonds is 6. The van der Waals surface area contributed by atoms with Crippen LogP contribution in [0.5, 0.6) is 0 Å². The number of hydrogen-bond acceptors (Lipinski definition) is 5. The molecule has 0 N–H and O–H groups in total. The number of pyridine rings is 1. The van der Waals surface area contributed by atoms with Crippen LogP contribution < -0.4 is 9.80 Å². The number of hydrogen-bond donors (Lipinski definition) is 0. The summed E-state index contributed by atoms with van der Waals surface area (Å²) in [6, 6.07) is 15.1. The minimum atomic E-state index is -0.804. The monoisotopic (exact) mass is 699 g/mol. The van der Waals surface area contributed by atoms with Crippen LogP contribution >= 0.6 is 0 Å². The van der Waals surface area contributed by atoms with E-state index in [2.05, 4.69) is 4.98 Å². The third-order valence-corrected chi connectivity index (χ3v) is 9.86. The van der Waals surface area contributed by atoms with Crippen molar-refractivity contribution in [3.8, 4) is 0 Å². The van der Waals surface area contributed by atoms with Gasteiger partial charge in [-0.3, -0.25) is 34.2 Å². The predicted molar refractivity (Wildman–Crippen MR) is 195 cm³/mol. The highest BCUT2D eigenvalue weighted by molar-refractivity contribution is 5.99. The molecule has 5 rings (SSSR count). The maximum absolute atomic E-state index is 15.7. The van der Waals surface area contributed by atoms with E-state index >= 15 is 4.39 Å². The van der Waals surface area contributed by atoms with Crippen LogP contribution in [0.25, 0.3) is 0 Å². The summed E-state index contributed by atoms with van der Waals surface area (Å²) in [6.07, 6.45) is 2.31. The Kier molecular flexibility index (Phi) is 10.2. The van der Waals surface area contributed by atoms with E-state index < -0.39 is 47.1 Å². The van der Waals surface area contributed by atoms with Crippen LogP contribution in [0.1, 0.15) is 59.6 Å². The van der Waals surface area contributed by atoms with Gasteiger partial charge in [0.15, 0.2) is 0 Å². The summed E-state index contributed by atoms with van der Waals surface area (Å²) in [5.41, 5.74) is 1.09. The highest BCUT2D eigenvalue weighted by Gasteiger charge is 2.53. The summed E-state index contributed by atoms with van der Waals surface area (Å²) < 4.78 is 15.7. The second kappa shape index (κ2) is 14.0. The maximum Gasteiger partial charge on any atom is 0.326 e. The van der Waals surface area contributed by atoms with Gasteiger partial charge in [-0.05, 0) is 42.8 Å². The fourth-order valence-corrected chi connectivity index (χ4v) is 7.46. The highest BCUT2D eigenvalue weighted by Crippen LogP contribution is 2.39. The largest absolute Gasteiger partial charge is 0.326 e. The molecule has 2 aromatic carbocycles. The molecular weight excluding hydrogens is 649 g/mol. The number of aromatic nitrogens is 1. The topological polar surface area (TPSA) is 101 Å². The van der Waals surface area contributed by atoms with Crippen LogP contribution in [0.4, 0.5) is 25.4 Å². The normalized spacial score (nSPS) is 21.1. The van der Waals surface area contributed by atoms with Crippen molar-refractivity contribution in [2.75, 3.05) is 30.9 Å². The van der Waals surface area contributed by atoms with Crippen LogP contribution in [0.3, 0.4) is 0 Å². The van der Waals surface area contributed by atoms with E-state index in [1.807, 2.05) is 71.9 Å². The van der Waals surface area contributed by atoms with Crippen molar-refractivity contribution in [2.24, 2.45) is 10.8 Å². The molecule has 272 valence electrons. The van der Waals surface area contributed by atoms with Crippen LogP contribution in [0.15, 0.2) is 73.1 Å². The zero-order chi connectivity index (χ0) is 37.6. The Morgan fingerprint density at radius 2 is 1.35 bits per heavy atom. The van der Waals surface area contributed by atoms with Gasteiger partial charge in [-0.25, -0.2) is 14.0 Å². The summed E-state index contributed by atoms with van der Waals surface area (Å²) >= 11 is 0. The Bertz CT molecular complexity index is 1780. The molecule has 0 aliphatic carbocycles.